The van der Waals surface area contributed by atoms with Crippen LogP contribution in [0.15, 0.2) is 24.5 Å². The van der Waals surface area contributed by atoms with E-state index in [1.807, 2.05) is 18.2 Å². The van der Waals surface area contributed by atoms with Crippen molar-refractivity contribution in [3.05, 3.63) is 47.6 Å². The van der Waals surface area contributed by atoms with Crippen LogP contribution in [0.3, 0.4) is 0 Å². The maximum Gasteiger partial charge on any atom is 0.138 e. The molecular formula is C10H8N4. The molecule has 0 unspecified atom stereocenters. The van der Waals surface area contributed by atoms with E-state index in [2.05, 4.69) is 19.9 Å². The highest BCUT2D eigenvalue weighted by Gasteiger charge is 2.09. The summed E-state index contributed by atoms with van der Waals surface area (Å²) < 4.78 is 0. The van der Waals surface area contributed by atoms with E-state index >= 15 is 0 Å². The Bertz CT molecular complexity index is 401. The summed E-state index contributed by atoms with van der Waals surface area (Å²) in [4.78, 5) is 17.0. The van der Waals surface area contributed by atoms with Crippen LogP contribution in [-0.4, -0.2) is 19.9 Å². The van der Waals surface area contributed by atoms with Gasteiger partial charge in [0.05, 0.1) is 12.8 Å². The van der Waals surface area contributed by atoms with Crippen molar-refractivity contribution < 1.29 is 0 Å². The lowest BCUT2D eigenvalue weighted by Gasteiger charge is -2.08. The molecule has 0 fully saturated rings. The highest BCUT2D eigenvalue weighted by atomic mass is 15.0. The third kappa shape index (κ3) is 1.25. The van der Waals surface area contributed by atoms with Crippen LogP contribution >= 0.6 is 0 Å². The second kappa shape index (κ2) is 2.83. The minimum Gasteiger partial charge on any atom is -0.257 e. The topological polar surface area (TPSA) is 51.6 Å². The van der Waals surface area contributed by atoms with Gasteiger partial charge in [-0.15, -0.1) is 0 Å². The van der Waals surface area contributed by atoms with Crippen LogP contribution in [0.25, 0.3) is 0 Å². The second-order valence-electron chi connectivity index (χ2n) is 3.29. The number of rotatable bonds is 0. The van der Waals surface area contributed by atoms with Crippen molar-refractivity contribution in [1.29, 1.82) is 0 Å². The predicted octanol–water partition coefficient (Wildman–Crippen LogP) is 0.762. The molecule has 0 aromatic carbocycles. The monoisotopic (exact) mass is 184 g/mol. The molecule has 0 atom stereocenters. The molecule has 0 aliphatic carbocycles. The quantitative estimate of drug-likeness (QED) is 0.517. The van der Waals surface area contributed by atoms with Crippen molar-refractivity contribution in [2.75, 3.05) is 0 Å². The summed E-state index contributed by atoms with van der Waals surface area (Å²) in [6, 6.07) is 6.01. The third-order valence-electron chi connectivity index (χ3n) is 2.21. The first-order valence-electron chi connectivity index (χ1n) is 4.52. The molecular weight excluding hydrogens is 176 g/mol. The normalized spacial score (nSPS) is 13.1. The summed E-state index contributed by atoms with van der Waals surface area (Å²) in [5.41, 5.74) is 2.05. The minimum absolute atomic E-state index is 0.698. The number of aromatic nitrogens is 4. The lowest BCUT2D eigenvalue weighted by atomic mass is 10.2. The van der Waals surface area contributed by atoms with Crippen LogP contribution in [0.4, 0.5) is 0 Å². The van der Waals surface area contributed by atoms with E-state index in [0.29, 0.717) is 12.8 Å². The SMILES string of the molecule is c1cc2nc(c1)Cc1ncnc(n1)C2. The molecule has 0 spiro atoms. The van der Waals surface area contributed by atoms with Gasteiger partial charge in [0.2, 0.25) is 0 Å². The summed E-state index contributed by atoms with van der Waals surface area (Å²) in [5.74, 6) is 1.61. The first-order chi connectivity index (χ1) is 6.90. The molecule has 0 amide bonds. The number of hydrogen-bond donors (Lipinski definition) is 0. The Morgan fingerprint density at radius 1 is 0.857 bits per heavy atom. The Morgan fingerprint density at radius 2 is 1.50 bits per heavy atom. The molecule has 3 rings (SSSR count). The van der Waals surface area contributed by atoms with Gasteiger partial charge in [0.1, 0.15) is 18.0 Å². The van der Waals surface area contributed by atoms with E-state index in [9.17, 15) is 0 Å². The standard InChI is InChI=1S/C10H8N4/c1-2-7-4-9-11-6-12-10(14-9)5-8(3-1)13-7/h1-3,6H,4-5H2. The lowest BCUT2D eigenvalue weighted by molar-refractivity contribution is 0.799. The first-order valence-corrected chi connectivity index (χ1v) is 4.52. The average Bonchev–Trinajstić information content (AvgIpc) is 2.17. The molecule has 3 heterocycles. The summed E-state index contributed by atoms with van der Waals surface area (Å²) >= 11 is 0. The zero-order valence-electron chi connectivity index (χ0n) is 7.51. The molecule has 4 bridgehead atoms. The molecule has 2 aromatic rings. The van der Waals surface area contributed by atoms with E-state index in [1.54, 1.807) is 6.33 Å². The summed E-state index contributed by atoms with van der Waals surface area (Å²) in [6.45, 7) is 0. The lowest BCUT2D eigenvalue weighted by Crippen LogP contribution is -2.09. The van der Waals surface area contributed by atoms with Crippen LogP contribution in [0.1, 0.15) is 23.0 Å². The van der Waals surface area contributed by atoms with Gasteiger partial charge >= 0.3 is 0 Å². The Balaban J connectivity index is 2.17. The van der Waals surface area contributed by atoms with E-state index in [-0.39, 0.29) is 0 Å². The molecule has 14 heavy (non-hydrogen) atoms. The van der Waals surface area contributed by atoms with Crippen LogP contribution < -0.4 is 0 Å². The van der Waals surface area contributed by atoms with Crippen molar-refractivity contribution in [2.45, 2.75) is 12.8 Å². The highest BCUT2D eigenvalue weighted by Crippen LogP contribution is 2.10. The predicted molar refractivity (Wildman–Crippen MR) is 49.7 cm³/mol. The molecule has 1 aliphatic rings. The largest absolute Gasteiger partial charge is 0.257 e. The molecule has 4 nitrogen and oxygen atoms in total. The van der Waals surface area contributed by atoms with E-state index < -0.39 is 0 Å². The average molecular weight is 184 g/mol. The van der Waals surface area contributed by atoms with Crippen LogP contribution in [0.5, 0.6) is 0 Å². The summed E-state index contributed by atoms with van der Waals surface area (Å²) in [7, 11) is 0. The van der Waals surface area contributed by atoms with Crippen molar-refractivity contribution in [2.24, 2.45) is 0 Å². The van der Waals surface area contributed by atoms with E-state index in [0.717, 1.165) is 23.0 Å². The number of nitrogens with zero attached hydrogens (tertiary/aromatic N) is 4. The van der Waals surface area contributed by atoms with Gasteiger partial charge in [-0.3, -0.25) is 4.98 Å². The fraction of sp³-hybridized carbons (Fsp3) is 0.200. The zero-order chi connectivity index (χ0) is 9.38. The molecule has 4 heteroatoms. The highest BCUT2D eigenvalue weighted by molar-refractivity contribution is 5.19. The summed E-state index contributed by atoms with van der Waals surface area (Å²) in [5, 5.41) is 0. The van der Waals surface area contributed by atoms with E-state index in [1.165, 1.54) is 0 Å². The molecule has 0 saturated heterocycles. The Labute approximate surface area is 81.1 Å². The molecule has 0 radical (unpaired) electrons. The minimum atomic E-state index is 0.698. The number of fused-ring (bicyclic) bond motifs is 4. The first kappa shape index (κ1) is 7.55. The van der Waals surface area contributed by atoms with Crippen LogP contribution in [0.2, 0.25) is 0 Å². The Hall–Kier alpha value is -1.84. The van der Waals surface area contributed by atoms with Gasteiger partial charge < -0.3 is 0 Å². The Morgan fingerprint density at radius 3 is 2.14 bits per heavy atom. The fourth-order valence-corrected chi connectivity index (χ4v) is 1.59. The maximum atomic E-state index is 4.48. The van der Waals surface area contributed by atoms with Crippen LogP contribution in [-0.2, 0) is 12.8 Å². The van der Waals surface area contributed by atoms with Gasteiger partial charge in [0.25, 0.3) is 0 Å². The molecule has 0 N–H and O–H groups in total. The number of hydrogen-bond acceptors (Lipinski definition) is 4. The second-order valence-corrected chi connectivity index (χ2v) is 3.29. The fourth-order valence-electron chi connectivity index (χ4n) is 1.59. The molecule has 2 aromatic heterocycles. The van der Waals surface area contributed by atoms with Gasteiger partial charge in [-0.05, 0) is 12.1 Å². The molecule has 0 saturated carbocycles. The third-order valence-corrected chi connectivity index (χ3v) is 2.21. The van der Waals surface area contributed by atoms with Crippen molar-refractivity contribution in [3.63, 3.8) is 0 Å². The molecule has 68 valence electrons. The summed E-state index contributed by atoms with van der Waals surface area (Å²) in [6.07, 6.45) is 2.97. The van der Waals surface area contributed by atoms with Gasteiger partial charge in [0, 0.05) is 11.4 Å². The smallest absolute Gasteiger partial charge is 0.138 e. The van der Waals surface area contributed by atoms with E-state index in [4.69, 9.17) is 0 Å². The maximum absolute atomic E-state index is 4.48. The van der Waals surface area contributed by atoms with Gasteiger partial charge in [0.15, 0.2) is 0 Å². The van der Waals surface area contributed by atoms with Crippen molar-refractivity contribution in [1.82, 2.24) is 19.9 Å². The van der Waals surface area contributed by atoms with Gasteiger partial charge in [-0.25, -0.2) is 15.0 Å². The zero-order valence-corrected chi connectivity index (χ0v) is 7.51. The van der Waals surface area contributed by atoms with Crippen LogP contribution in [0, 0.1) is 0 Å². The number of pyridine rings is 1. The molecule has 1 aliphatic heterocycles. The van der Waals surface area contributed by atoms with Gasteiger partial charge in [-0.1, -0.05) is 6.07 Å². The van der Waals surface area contributed by atoms with Gasteiger partial charge in [-0.2, -0.15) is 0 Å². The Kier molecular flexibility index (Phi) is 1.53. The van der Waals surface area contributed by atoms with Crippen molar-refractivity contribution >= 4 is 0 Å². The van der Waals surface area contributed by atoms with Crippen molar-refractivity contribution in [3.8, 4) is 0 Å².